The summed E-state index contributed by atoms with van der Waals surface area (Å²) in [7, 11) is 0. The number of aryl methyl sites for hydroxylation is 1. The summed E-state index contributed by atoms with van der Waals surface area (Å²) in [5, 5.41) is 12.9. The van der Waals surface area contributed by atoms with Crippen molar-refractivity contribution in [1.29, 1.82) is 0 Å². The van der Waals surface area contributed by atoms with Crippen molar-refractivity contribution >= 4 is 23.2 Å². The second-order valence-corrected chi connectivity index (χ2v) is 9.23. The molecule has 1 aromatic carbocycles. The van der Waals surface area contributed by atoms with E-state index in [2.05, 4.69) is 15.5 Å². The van der Waals surface area contributed by atoms with Gasteiger partial charge in [-0.15, -0.1) is 21.5 Å². The first kappa shape index (κ1) is 21.7. The number of hydrogen-bond donors (Lipinski definition) is 1. The maximum atomic E-state index is 13.9. The van der Waals surface area contributed by atoms with Gasteiger partial charge in [0, 0.05) is 36.3 Å². The third-order valence-electron chi connectivity index (χ3n) is 6.28. The van der Waals surface area contributed by atoms with Crippen LogP contribution >= 0.6 is 11.3 Å². The first-order chi connectivity index (χ1) is 16.0. The topological polar surface area (TPSA) is 80.1 Å². The third-order valence-corrected chi connectivity index (χ3v) is 7.37. The van der Waals surface area contributed by atoms with Crippen molar-refractivity contribution in [3.05, 3.63) is 68.4 Å². The zero-order valence-electron chi connectivity index (χ0n) is 17.9. The van der Waals surface area contributed by atoms with Crippen molar-refractivity contribution in [2.24, 2.45) is 0 Å². The molecule has 0 saturated heterocycles. The van der Waals surface area contributed by atoms with Gasteiger partial charge >= 0.3 is 0 Å². The number of carbonyl (C=O) groups excluding carboxylic acids is 2. The van der Waals surface area contributed by atoms with Crippen LogP contribution in [0.2, 0.25) is 0 Å². The third kappa shape index (κ3) is 4.15. The Balaban J connectivity index is 1.26. The molecule has 10 heteroatoms. The lowest BCUT2D eigenvalue weighted by molar-refractivity contribution is 0.0758. The van der Waals surface area contributed by atoms with Gasteiger partial charge in [-0.3, -0.25) is 9.59 Å². The highest BCUT2D eigenvalue weighted by Gasteiger charge is 2.27. The average molecular weight is 472 g/mol. The number of fused-ring (bicyclic) bond motifs is 2. The molecule has 3 heterocycles. The molecule has 0 unspecified atom stereocenters. The molecule has 5 rings (SSSR count). The van der Waals surface area contributed by atoms with Crippen molar-refractivity contribution in [1.82, 2.24) is 25.0 Å². The maximum absolute atomic E-state index is 13.9. The molecule has 0 fully saturated rings. The number of amides is 2. The van der Waals surface area contributed by atoms with Crippen LogP contribution in [-0.4, -0.2) is 44.6 Å². The largest absolute Gasteiger partial charge is 0.345 e. The van der Waals surface area contributed by atoms with Gasteiger partial charge in [-0.1, -0.05) is 6.07 Å². The lowest BCUT2D eigenvalue weighted by Gasteiger charge is -2.21. The number of rotatable bonds is 4. The highest BCUT2D eigenvalue weighted by molar-refractivity contribution is 7.10. The second-order valence-electron chi connectivity index (χ2n) is 8.26. The van der Waals surface area contributed by atoms with Gasteiger partial charge < -0.3 is 14.8 Å². The monoisotopic (exact) mass is 471 g/mol. The zero-order valence-corrected chi connectivity index (χ0v) is 18.8. The minimum absolute atomic E-state index is 0.0222. The van der Waals surface area contributed by atoms with Crippen LogP contribution in [-0.2, 0) is 32.4 Å². The molecule has 2 amide bonds. The average Bonchev–Trinajstić information content (AvgIpc) is 3.35. The first-order valence-electron chi connectivity index (χ1n) is 11.0. The Morgan fingerprint density at radius 1 is 1.03 bits per heavy atom. The fourth-order valence-corrected chi connectivity index (χ4v) is 5.64. The van der Waals surface area contributed by atoms with Gasteiger partial charge in [0.2, 0.25) is 0 Å². The predicted molar refractivity (Wildman–Crippen MR) is 118 cm³/mol. The molecule has 1 aliphatic carbocycles. The highest BCUT2D eigenvalue weighted by Crippen LogP contribution is 2.31. The molecule has 2 aromatic heterocycles. The van der Waals surface area contributed by atoms with Crippen molar-refractivity contribution in [2.45, 2.75) is 45.2 Å². The van der Waals surface area contributed by atoms with Gasteiger partial charge in [0.25, 0.3) is 11.8 Å². The van der Waals surface area contributed by atoms with Gasteiger partial charge in [-0.05, 0) is 43.4 Å². The molecule has 2 aliphatic rings. The van der Waals surface area contributed by atoms with E-state index in [4.69, 9.17) is 0 Å². The molecule has 33 heavy (non-hydrogen) atoms. The van der Waals surface area contributed by atoms with Gasteiger partial charge in [0.1, 0.15) is 23.0 Å². The molecule has 7 nitrogen and oxygen atoms in total. The molecule has 0 bridgehead atoms. The Hall–Kier alpha value is -3.14. The Bertz CT molecular complexity index is 1200. The van der Waals surface area contributed by atoms with Crippen molar-refractivity contribution < 1.29 is 18.4 Å². The van der Waals surface area contributed by atoms with E-state index < -0.39 is 23.1 Å². The minimum atomic E-state index is -0.919. The summed E-state index contributed by atoms with van der Waals surface area (Å²) in [4.78, 5) is 28.7. The summed E-state index contributed by atoms with van der Waals surface area (Å²) >= 11 is 1.68. The number of halogens is 2. The van der Waals surface area contributed by atoms with Crippen LogP contribution in [0.15, 0.2) is 23.6 Å². The van der Waals surface area contributed by atoms with Gasteiger partial charge in [-0.2, -0.15) is 0 Å². The van der Waals surface area contributed by atoms with Crippen LogP contribution in [0.5, 0.6) is 0 Å². The van der Waals surface area contributed by atoms with E-state index in [-0.39, 0.29) is 12.5 Å². The minimum Gasteiger partial charge on any atom is -0.345 e. The highest BCUT2D eigenvalue weighted by atomic mass is 32.1. The Morgan fingerprint density at radius 3 is 2.64 bits per heavy atom. The van der Waals surface area contributed by atoms with E-state index in [0.717, 1.165) is 42.8 Å². The van der Waals surface area contributed by atoms with E-state index in [1.165, 1.54) is 22.9 Å². The Labute approximate surface area is 193 Å². The summed E-state index contributed by atoms with van der Waals surface area (Å²) in [5.41, 5.74) is 1.42. The summed E-state index contributed by atoms with van der Waals surface area (Å²) in [5.74, 6) is -1.43. The quantitative estimate of drug-likeness (QED) is 0.634. The zero-order chi connectivity index (χ0) is 22.9. The molecule has 0 radical (unpaired) electrons. The van der Waals surface area contributed by atoms with E-state index in [1.807, 2.05) is 14.8 Å². The van der Waals surface area contributed by atoms with E-state index >= 15 is 0 Å². The van der Waals surface area contributed by atoms with Gasteiger partial charge in [-0.25, -0.2) is 8.78 Å². The van der Waals surface area contributed by atoms with Crippen LogP contribution in [0.25, 0.3) is 0 Å². The van der Waals surface area contributed by atoms with Crippen LogP contribution in [0.1, 0.15) is 55.6 Å². The van der Waals surface area contributed by atoms with Crippen LogP contribution in [0.3, 0.4) is 0 Å². The number of aromatic nitrogens is 3. The summed E-state index contributed by atoms with van der Waals surface area (Å²) in [6, 6.07) is 3.29. The summed E-state index contributed by atoms with van der Waals surface area (Å²) in [6.07, 6.45) is 4.87. The molecule has 0 atom stereocenters. The molecule has 0 saturated carbocycles. The lowest BCUT2D eigenvalue weighted by atomic mass is 9.95. The van der Waals surface area contributed by atoms with Gasteiger partial charge in [0.15, 0.2) is 5.82 Å². The number of nitrogens with one attached hydrogen (secondary N) is 1. The number of benzene rings is 1. The van der Waals surface area contributed by atoms with Crippen LogP contribution < -0.4 is 5.32 Å². The predicted octanol–water partition coefficient (Wildman–Crippen LogP) is 3.13. The number of nitrogens with zero attached hydrogens (tertiary/aromatic N) is 4. The Morgan fingerprint density at radius 2 is 1.82 bits per heavy atom. The first-order valence-corrected chi connectivity index (χ1v) is 11.9. The fraction of sp³-hybridized carbons (Fsp3) is 0.391. The molecule has 3 aromatic rings. The van der Waals surface area contributed by atoms with Crippen molar-refractivity contribution in [3.8, 4) is 0 Å². The van der Waals surface area contributed by atoms with Gasteiger partial charge in [0.05, 0.1) is 12.1 Å². The smallest absolute Gasteiger partial charge is 0.257 e. The van der Waals surface area contributed by atoms with E-state index in [9.17, 15) is 18.4 Å². The summed E-state index contributed by atoms with van der Waals surface area (Å²) in [6.45, 7) is 1.50. The van der Waals surface area contributed by atoms with Crippen LogP contribution in [0, 0.1) is 11.6 Å². The second kappa shape index (κ2) is 9.01. The summed E-state index contributed by atoms with van der Waals surface area (Å²) < 4.78 is 29.6. The number of hydrogen-bond acceptors (Lipinski definition) is 5. The standard InChI is InChI=1S/C23H23F2N5O2S/c24-16-5-3-6-17(25)21(16)22(31)26-12-20-28-27-19-8-9-29(10-11-30(19)20)23(32)15-13-33-18-7-2-1-4-14(15)18/h3,5-6,13H,1-2,4,7-12H2,(H,26,31). The number of carbonyl (C=O) groups is 2. The lowest BCUT2D eigenvalue weighted by Crippen LogP contribution is -2.34. The Kier molecular flexibility index (Phi) is 5.92. The van der Waals surface area contributed by atoms with E-state index in [0.29, 0.717) is 31.9 Å². The molecule has 1 aliphatic heterocycles. The maximum Gasteiger partial charge on any atom is 0.257 e. The molecule has 0 spiro atoms. The molecule has 1 N–H and O–H groups in total. The SMILES string of the molecule is O=C(NCc1nnc2n1CCN(C(=O)c1csc3c1CCCC3)CC2)c1c(F)cccc1F. The fourth-order valence-electron chi connectivity index (χ4n) is 4.52. The van der Waals surface area contributed by atoms with Crippen molar-refractivity contribution in [3.63, 3.8) is 0 Å². The normalized spacial score (nSPS) is 15.5. The van der Waals surface area contributed by atoms with Crippen LogP contribution in [0.4, 0.5) is 8.78 Å². The van der Waals surface area contributed by atoms with E-state index in [1.54, 1.807) is 11.3 Å². The van der Waals surface area contributed by atoms with Crippen molar-refractivity contribution in [2.75, 3.05) is 13.1 Å². The molecular formula is C23H23F2N5O2S. The number of thiophene rings is 1. The molecular weight excluding hydrogens is 448 g/mol. The molecule has 172 valence electrons.